The number of thiazole rings is 1. The Hall–Kier alpha value is -2.53. The average molecular weight is 462 g/mol. The molecule has 0 unspecified atom stereocenters. The van der Waals surface area contributed by atoms with E-state index >= 15 is 0 Å². The van der Waals surface area contributed by atoms with E-state index in [9.17, 15) is 9.59 Å². The summed E-state index contributed by atoms with van der Waals surface area (Å²) in [5.74, 6) is -0.106. The number of anilines is 1. The molecule has 0 radical (unpaired) electrons. The summed E-state index contributed by atoms with van der Waals surface area (Å²) in [4.78, 5) is 42.5. The van der Waals surface area contributed by atoms with E-state index in [0.717, 1.165) is 17.3 Å². The van der Waals surface area contributed by atoms with Crippen LogP contribution >= 0.6 is 27.3 Å². The van der Waals surface area contributed by atoms with Gasteiger partial charge in [0.2, 0.25) is 0 Å². The van der Waals surface area contributed by atoms with Crippen molar-refractivity contribution >= 4 is 55.2 Å². The predicted molar refractivity (Wildman–Crippen MR) is 107 cm³/mol. The first kappa shape index (κ1) is 17.6. The van der Waals surface area contributed by atoms with E-state index in [0.29, 0.717) is 40.6 Å². The van der Waals surface area contributed by atoms with Crippen molar-refractivity contribution < 1.29 is 9.59 Å². The number of hydrogen-bond acceptors (Lipinski definition) is 7. The van der Waals surface area contributed by atoms with Gasteiger partial charge in [-0.15, -0.1) is 11.3 Å². The summed E-state index contributed by atoms with van der Waals surface area (Å²) in [6, 6.07) is 0. The number of amides is 2. The molecule has 2 aliphatic rings. The lowest BCUT2D eigenvalue weighted by Crippen LogP contribution is -2.59. The Morgan fingerprint density at radius 1 is 1.36 bits per heavy atom. The van der Waals surface area contributed by atoms with Crippen LogP contribution in [0.4, 0.5) is 5.13 Å². The minimum Gasteiger partial charge on any atom is -0.375 e. The zero-order valence-electron chi connectivity index (χ0n) is 14.6. The highest BCUT2D eigenvalue weighted by Crippen LogP contribution is 2.46. The summed E-state index contributed by atoms with van der Waals surface area (Å²) >= 11 is 4.68. The minimum atomic E-state index is -0.248. The molecule has 3 aromatic heterocycles. The van der Waals surface area contributed by atoms with Crippen molar-refractivity contribution in [3.63, 3.8) is 0 Å². The SMILES string of the molecule is Nc1nc(C(=O)NC2(C3CN(C(=O)c4ncnc5[nH]cc(Br)c45)C3)CC2)cs1. The number of nitrogens with two attached hydrogens (primary N) is 1. The van der Waals surface area contributed by atoms with E-state index < -0.39 is 0 Å². The van der Waals surface area contributed by atoms with Gasteiger partial charge in [0.25, 0.3) is 11.8 Å². The smallest absolute Gasteiger partial charge is 0.273 e. The van der Waals surface area contributed by atoms with Gasteiger partial charge in [0.1, 0.15) is 23.4 Å². The number of rotatable bonds is 4. The Balaban J connectivity index is 1.27. The van der Waals surface area contributed by atoms with E-state index in [4.69, 9.17) is 5.73 Å². The second kappa shape index (κ2) is 6.24. The molecule has 4 heterocycles. The monoisotopic (exact) mass is 461 g/mol. The van der Waals surface area contributed by atoms with Crippen molar-refractivity contribution in [1.29, 1.82) is 0 Å². The van der Waals surface area contributed by atoms with E-state index in [-0.39, 0.29) is 23.3 Å². The summed E-state index contributed by atoms with van der Waals surface area (Å²) in [6.07, 6.45) is 4.95. The number of carbonyl (C=O) groups is 2. The van der Waals surface area contributed by atoms with E-state index in [1.54, 1.807) is 16.5 Å². The van der Waals surface area contributed by atoms with E-state index in [1.165, 1.54) is 17.7 Å². The Labute approximate surface area is 171 Å². The van der Waals surface area contributed by atoms with Crippen molar-refractivity contribution in [3.8, 4) is 0 Å². The van der Waals surface area contributed by atoms with Crippen molar-refractivity contribution in [1.82, 2.24) is 30.2 Å². The molecular formula is C17H16BrN7O2S. The number of halogens is 1. The normalized spacial score (nSPS) is 18.1. The van der Waals surface area contributed by atoms with Crippen LogP contribution in [0.1, 0.15) is 33.8 Å². The lowest BCUT2D eigenvalue weighted by molar-refractivity contribution is 0.0380. The van der Waals surface area contributed by atoms with E-state index in [1.807, 2.05) is 0 Å². The molecule has 1 saturated carbocycles. The lowest BCUT2D eigenvalue weighted by atomic mass is 9.88. The molecule has 11 heteroatoms. The Bertz CT molecular complexity index is 1100. The number of aromatic nitrogens is 4. The molecule has 0 spiro atoms. The molecule has 4 N–H and O–H groups in total. The lowest BCUT2D eigenvalue weighted by Gasteiger charge is -2.44. The number of carbonyl (C=O) groups excluding carboxylic acids is 2. The third kappa shape index (κ3) is 2.76. The van der Waals surface area contributed by atoms with Crippen molar-refractivity contribution in [3.05, 3.63) is 33.8 Å². The van der Waals surface area contributed by atoms with Crippen LogP contribution in [0.5, 0.6) is 0 Å². The highest BCUT2D eigenvalue weighted by molar-refractivity contribution is 9.10. The molecule has 1 aliphatic carbocycles. The van der Waals surface area contributed by atoms with Gasteiger partial charge in [-0.25, -0.2) is 15.0 Å². The molecular weight excluding hydrogens is 446 g/mol. The standard InChI is InChI=1S/C17H16BrN7O2S/c18-9-3-20-13-11(9)12(21-7-22-13)15(27)25-4-8(5-25)17(1-2-17)24-14(26)10-6-28-16(19)23-10/h3,6-8H,1-2,4-5H2,(H2,19,23)(H,24,26)(H,20,21,22). The van der Waals surface area contributed by atoms with Crippen LogP contribution in [-0.4, -0.2) is 55.3 Å². The first-order valence-electron chi connectivity index (χ1n) is 8.77. The first-order valence-corrected chi connectivity index (χ1v) is 10.4. The second-order valence-corrected chi connectivity index (χ2v) is 8.91. The number of fused-ring (bicyclic) bond motifs is 1. The van der Waals surface area contributed by atoms with Crippen LogP contribution in [-0.2, 0) is 0 Å². The van der Waals surface area contributed by atoms with Crippen LogP contribution in [0, 0.1) is 5.92 Å². The van der Waals surface area contributed by atoms with Gasteiger partial charge in [-0.3, -0.25) is 9.59 Å². The van der Waals surface area contributed by atoms with Gasteiger partial charge in [0.05, 0.1) is 5.39 Å². The number of likely N-dealkylation sites (tertiary alicyclic amines) is 1. The Morgan fingerprint density at radius 3 is 2.82 bits per heavy atom. The quantitative estimate of drug-likeness (QED) is 0.542. The molecule has 0 atom stereocenters. The molecule has 2 amide bonds. The molecule has 0 bridgehead atoms. The number of nitrogens with zero attached hydrogens (tertiary/aromatic N) is 4. The maximum atomic E-state index is 12.9. The average Bonchev–Trinajstić information content (AvgIpc) is 3.08. The molecule has 1 saturated heterocycles. The van der Waals surface area contributed by atoms with Crippen LogP contribution in [0.3, 0.4) is 0 Å². The van der Waals surface area contributed by atoms with Gasteiger partial charge in [-0.2, -0.15) is 0 Å². The van der Waals surface area contributed by atoms with Gasteiger partial charge in [-0.1, -0.05) is 0 Å². The molecule has 0 aromatic carbocycles. The van der Waals surface area contributed by atoms with Gasteiger partial charge >= 0.3 is 0 Å². The largest absolute Gasteiger partial charge is 0.375 e. The highest BCUT2D eigenvalue weighted by Gasteiger charge is 2.55. The topological polar surface area (TPSA) is 130 Å². The fraction of sp³-hybridized carbons (Fsp3) is 0.353. The number of nitrogens with one attached hydrogen (secondary N) is 2. The number of H-pyrrole nitrogens is 1. The summed E-state index contributed by atoms with van der Waals surface area (Å²) < 4.78 is 0.761. The minimum absolute atomic E-state index is 0.127. The fourth-order valence-electron chi connectivity index (χ4n) is 3.68. The molecule has 2 fully saturated rings. The van der Waals surface area contributed by atoms with Crippen LogP contribution in [0.25, 0.3) is 11.0 Å². The zero-order valence-corrected chi connectivity index (χ0v) is 17.0. The summed E-state index contributed by atoms with van der Waals surface area (Å²) in [7, 11) is 0. The third-order valence-corrected chi connectivity index (χ3v) is 6.78. The maximum absolute atomic E-state index is 12.9. The van der Waals surface area contributed by atoms with E-state index in [2.05, 4.69) is 41.2 Å². The van der Waals surface area contributed by atoms with Crippen LogP contribution in [0.15, 0.2) is 22.4 Å². The highest BCUT2D eigenvalue weighted by atomic mass is 79.9. The summed E-state index contributed by atoms with van der Waals surface area (Å²) in [6.45, 7) is 1.18. The Morgan fingerprint density at radius 2 is 2.14 bits per heavy atom. The van der Waals surface area contributed by atoms with Gasteiger partial charge in [-0.05, 0) is 28.8 Å². The second-order valence-electron chi connectivity index (χ2n) is 7.17. The molecule has 9 nitrogen and oxygen atoms in total. The number of nitrogen functional groups attached to an aromatic ring is 1. The fourth-order valence-corrected chi connectivity index (χ4v) is 4.72. The van der Waals surface area contributed by atoms with Crippen molar-refractivity contribution in [2.24, 2.45) is 5.92 Å². The summed E-state index contributed by atoms with van der Waals surface area (Å²) in [5, 5.41) is 5.83. The van der Waals surface area contributed by atoms with Crippen molar-refractivity contribution in [2.45, 2.75) is 18.4 Å². The Kier molecular flexibility index (Phi) is 3.91. The van der Waals surface area contributed by atoms with Gasteiger partial charge in [0, 0.05) is 40.6 Å². The van der Waals surface area contributed by atoms with Crippen molar-refractivity contribution in [2.75, 3.05) is 18.8 Å². The number of aromatic amines is 1. The molecule has 144 valence electrons. The maximum Gasteiger partial charge on any atom is 0.273 e. The predicted octanol–water partition coefficient (Wildman–Crippen LogP) is 1.79. The number of hydrogen-bond donors (Lipinski definition) is 3. The molecule has 28 heavy (non-hydrogen) atoms. The molecule has 5 rings (SSSR count). The molecule has 3 aromatic rings. The van der Waals surface area contributed by atoms with Crippen LogP contribution in [0.2, 0.25) is 0 Å². The summed E-state index contributed by atoms with van der Waals surface area (Å²) in [5.41, 5.74) is 6.71. The zero-order chi connectivity index (χ0) is 19.5. The van der Waals surface area contributed by atoms with Crippen LogP contribution < -0.4 is 11.1 Å². The van der Waals surface area contributed by atoms with Gasteiger partial charge < -0.3 is 20.9 Å². The molecule has 1 aliphatic heterocycles. The third-order valence-electron chi connectivity index (χ3n) is 5.48. The van der Waals surface area contributed by atoms with Gasteiger partial charge in [0.15, 0.2) is 5.13 Å². The first-order chi connectivity index (χ1) is 13.5.